The molecule has 1 fully saturated rings. The highest BCUT2D eigenvalue weighted by molar-refractivity contribution is 7.21. The van der Waals surface area contributed by atoms with E-state index in [1.807, 2.05) is 42.5 Å². The van der Waals surface area contributed by atoms with Gasteiger partial charge in [-0.3, -0.25) is 14.6 Å². The number of primary amides is 1. The van der Waals surface area contributed by atoms with Gasteiger partial charge in [0.15, 0.2) is 0 Å². The van der Waals surface area contributed by atoms with Crippen LogP contribution in [-0.4, -0.2) is 34.2 Å². The summed E-state index contributed by atoms with van der Waals surface area (Å²) in [5.74, 6) is 0.739. The number of benzene rings is 2. The second kappa shape index (κ2) is 8.37. The van der Waals surface area contributed by atoms with E-state index in [4.69, 9.17) is 10.5 Å². The maximum Gasteiger partial charge on any atom is 0.334 e. The van der Waals surface area contributed by atoms with Crippen molar-refractivity contribution in [3.63, 3.8) is 0 Å². The van der Waals surface area contributed by atoms with Gasteiger partial charge in [0, 0.05) is 6.20 Å². The molecule has 3 amide bonds. The summed E-state index contributed by atoms with van der Waals surface area (Å²) in [6, 6.07) is 17.7. The molecule has 2 aliphatic rings. The number of aromatic nitrogens is 1. The molecule has 6 rings (SSSR count). The van der Waals surface area contributed by atoms with Crippen LogP contribution < -0.4 is 20.3 Å². The number of amides is 3. The first-order valence-corrected chi connectivity index (χ1v) is 12.2. The predicted octanol–water partition coefficient (Wildman–Crippen LogP) is 5.18. The molecule has 8 nitrogen and oxygen atoms in total. The molecule has 176 valence electrons. The number of urea groups is 1. The quantitative estimate of drug-likeness (QED) is 0.404. The third-order valence-electron chi connectivity index (χ3n) is 6.50. The Labute approximate surface area is 205 Å². The van der Waals surface area contributed by atoms with E-state index in [0.29, 0.717) is 51.6 Å². The molecule has 2 atom stereocenters. The SMILES string of the molecule is NC(=O)c1sc2nccc3c2c1N([C@@H]1CCC[C@H]1O)C(=O)N3c1ccc(Oc2ccccc2)cc1. The minimum atomic E-state index is -0.684. The van der Waals surface area contributed by atoms with Crippen molar-refractivity contribution in [2.24, 2.45) is 5.73 Å². The number of rotatable bonds is 5. The van der Waals surface area contributed by atoms with Crippen LogP contribution in [0.4, 0.5) is 21.9 Å². The van der Waals surface area contributed by atoms with E-state index in [1.165, 1.54) is 11.3 Å². The lowest BCUT2D eigenvalue weighted by atomic mass is 10.1. The number of hydrogen-bond donors (Lipinski definition) is 2. The molecule has 0 spiro atoms. The van der Waals surface area contributed by atoms with Crippen LogP contribution in [0, 0.1) is 0 Å². The lowest BCUT2D eigenvalue weighted by Gasteiger charge is -2.39. The summed E-state index contributed by atoms with van der Waals surface area (Å²) in [5, 5.41) is 11.4. The molecular weight excluding hydrogens is 464 g/mol. The number of thiophene rings is 1. The first-order valence-electron chi connectivity index (χ1n) is 11.4. The van der Waals surface area contributed by atoms with Crippen LogP contribution >= 0.6 is 11.3 Å². The molecule has 4 aromatic rings. The molecule has 0 unspecified atom stereocenters. The Morgan fingerprint density at radius 3 is 2.49 bits per heavy atom. The number of nitrogens with zero attached hydrogens (tertiary/aromatic N) is 3. The van der Waals surface area contributed by atoms with Gasteiger partial charge in [0.2, 0.25) is 0 Å². The summed E-state index contributed by atoms with van der Waals surface area (Å²) in [7, 11) is 0. The number of pyridine rings is 1. The van der Waals surface area contributed by atoms with Gasteiger partial charge in [0.1, 0.15) is 21.2 Å². The van der Waals surface area contributed by atoms with Crippen LogP contribution in [0.25, 0.3) is 10.2 Å². The Morgan fingerprint density at radius 2 is 1.80 bits per heavy atom. The highest BCUT2D eigenvalue weighted by Gasteiger charge is 2.44. The van der Waals surface area contributed by atoms with Crippen LogP contribution in [-0.2, 0) is 0 Å². The summed E-state index contributed by atoms with van der Waals surface area (Å²) in [4.78, 5) is 34.9. The van der Waals surface area contributed by atoms with Gasteiger partial charge in [-0.2, -0.15) is 0 Å². The van der Waals surface area contributed by atoms with Crippen molar-refractivity contribution >= 4 is 50.6 Å². The van der Waals surface area contributed by atoms with Crippen molar-refractivity contribution in [1.82, 2.24) is 4.98 Å². The molecule has 2 aromatic carbocycles. The second-order valence-corrected chi connectivity index (χ2v) is 9.62. The highest BCUT2D eigenvalue weighted by Crippen LogP contribution is 2.50. The molecule has 9 heteroatoms. The molecule has 2 aromatic heterocycles. The minimum Gasteiger partial charge on any atom is -0.457 e. The standard InChI is InChI=1S/C26H22N4O4S/c27-24(32)23-22-21-19(13-14-28-25(21)35-23)29(26(33)30(22)18-7-4-8-20(18)31)15-9-11-17(12-10-15)34-16-5-2-1-3-6-16/h1-3,5-6,9-14,18,20,31H,4,7-8H2,(H2,27,32)/t18-,20-/m1/s1. The lowest BCUT2D eigenvalue weighted by Crippen LogP contribution is -2.52. The van der Waals surface area contributed by atoms with E-state index in [2.05, 4.69) is 4.98 Å². The van der Waals surface area contributed by atoms with E-state index >= 15 is 0 Å². The van der Waals surface area contributed by atoms with Gasteiger partial charge in [-0.05, 0) is 61.7 Å². The van der Waals surface area contributed by atoms with Crippen LogP contribution in [0.1, 0.15) is 28.9 Å². The van der Waals surface area contributed by atoms with Crippen molar-refractivity contribution in [2.45, 2.75) is 31.4 Å². The van der Waals surface area contributed by atoms with Crippen molar-refractivity contribution in [3.8, 4) is 11.5 Å². The monoisotopic (exact) mass is 486 g/mol. The van der Waals surface area contributed by atoms with Gasteiger partial charge in [-0.25, -0.2) is 9.78 Å². The van der Waals surface area contributed by atoms with Gasteiger partial charge >= 0.3 is 6.03 Å². The van der Waals surface area contributed by atoms with E-state index in [9.17, 15) is 14.7 Å². The number of aliphatic hydroxyl groups is 1. The maximum absolute atomic E-state index is 14.1. The van der Waals surface area contributed by atoms with Crippen molar-refractivity contribution < 1.29 is 19.4 Å². The number of para-hydroxylation sites is 1. The number of carbonyl (C=O) groups excluding carboxylic acids is 2. The molecule has 3 heterocycles. The zero-order valence-corrected chi connectivity index (χ0v) is 19.4. The Kier molecular flexibility index (Phi) is 5.16. The zero-order chi connectivity index (χ0) is 24.1. The molecule has 35 heavy (non-hydrogen) atoms. The molecule has 0 bridgehead atoms. The predicted molar refractivity (Wildman–Crippen MR) is 135 cm³/mol. The van der Waals surface area contributed by atoms with Crippen molar-refractivity contribution in [1.29, 1.82) is 0 Å². The summed E-state index contributed by atoms with van der Waals surface area (Å²) in [6.45, 7) is 0. The van der Waals surface area contributed by atoms with E-state index in [-0.39, 0.29) is 10.9 Å². The van der Waals surface area contributed by atoms with Crippen LogP contribution in [0.3, 0.4) is 0 Å². The number of aliphatic hydroxyl groups excluding tert-OH is 1. The van der Waals surface area contributed by atoms with E-state index in [0.717, 1.165) is 6.42 Å². The number of hydrogen-bond acceptors (Lipinski definition) is 6. The first kappa shape index (κ1) is 21.6. The summed E-state index contributed by atoms with van der Waals surface area (Å²) in [5.41, 5.74) is 7.43. The fourth-order valence-corrected chi connectivity index (χ4v) is 5.96. The van der Waals surface area contributed by atoms with E-state index < -0.39 is 18.1 Å². The number of nitrogens with two attached hydrogens (primary N) is 1. The Morgan fingerprint density at radius 1 is 1.06 bits per heavy atom. The highest BCUT2D eigenvalue weighted by atomic mass is 32.1. The summed E-state index contributed by atoms with van der Waals surface area (Å²) in [6.07, 6.45) is 2.96. The third-order valence-corrected chi connectivity index (χ3v) is 7.60. The fraction of sp³-hybridized carbons (Fsp3) is 0.192. The molecule has 0 radical (unpaired) electrons. The zero-order valence-electron chi connectivity index (χ0n) is 18.6. The lowest BCUT2D eigenvalue weighted by molar-refractivity contribution is 0.100. The molecule has 1 aliphatic heterocycles. The average Bonchev–Trinajstić information content (AvgIpc) is 3.46. The molecular formula is C26H22N4O4S. The van der Waals surface area contributed by atoms with Gasteiger partial charge in [-0.1, -0.05) is 18.2 Å². The maximum atomic E-state index is 14.1. The Balaban J connectivity index is 1.47. The van der Waals surface area contributed by atoms with Crippen molar-refractivity contribution in [3.05, 3.63) is 71.7 Å². The number of carbonyl (C=O) groups is 2. The smallest absolute Gasteiger partial charge is 0.334 e. The second-order valence-electron chi connectivity index (χ2n) is 8.62. The Hall–Kier alpha value is -3.95. The summed E-state index contributed by atoms with van der Waals surface area (Å²) >= 11 is 1.17. The average molecular weight is 487 g/mol. The molecule has 1 aliphatic carbocycles. The topological polar surface area (TPSA) is 109 Å². The number of ether oxygens (including phenoxy) is 1. The van der Waals surface area contributed by atoms with Crippen LogP contribution in [0.15, 0.2) is 66.9 Å². The third kappa shape index (κ3) is 3.51. The van der Waals surface area contributed by atoms with Crippen LogP contribution in [0.2, 0.25) is 0 Å². The fourth-order valence-electron chi connectivity index (χ4n) is 4.95. The summed E-state index contributed by atoms with van der Waals surface area (Å²) < 4.78 is 5.90. The molecule has 1 saturated carbocycles. The van der Waals surface area contributed by atoms with Crippen LogP contribution in [0.5, 0.6) is 11.5 Å². The van der Waals surface area contributed by atoms with Gasteiger partial charge in [0.25, 0.3) is 5.91 Å². The first-order chi connectivity index (χ1) is 17.0. The number of anilines is 3. The molecule has 0 saturated heterocycles. The largest absolute Gasteiger partial charge is 0.457 e. The molecule has 3 N–H and O–H groups in total. The van der Waals surface area contributed by atoms with E-state index in [1.54, 1.807) is 34.2 Å². The van der Waals surface area contributed by atoms with Gasteiger partial charge in [-0.15, -0.1) is 11.3 Å². The van der Waals surface area contributed by atoms with Crippen molar-refractivity contribution in [2.75, 3.05) is 9.80 Å². The minimum absolute atomic E-state index is 0.277. The van der Waals surface area contributed by atoms with Gasteiger partial charge < -0.3 is 15.6 Å². The Bertz CT molecular complexity index is 1440. The normalized spacial score (nSPS) is 19.4. The van der Waals surface area contributed by atoms with Gasteiger partial charge in [0.05, 0.1) is 34.6 Å².